The average molecular weight is 295 g/mol. The van der Waals surface area contributed by atoms with Gasteiger partial charge in [0, 0.05) is 12.1 Å². The molecule has 0 saturated carbocycles. The van der Waals surface area contributed by atoms with Gasteiger partial charge in [0.2, 0.25) is 0 Å². The topological polar surface area (TPSA) is 90.4 Å². The van der Waals surface area contributed by atoms with Crippen LogP contribution in [0.15, 0.2) is 18.2 Å². The molecule has 1 rings (SSSR count). The summed E-state index contributed by atoms with van der Waals surface area (Å²) in [5, 5.41) is 14.6. The Morgan fingerprint density at radius 1 is 1.38 bits per heavy atom. The van der Waals surface area contributed by atoms with E-state index in [1.54, 1.807) is 18.2 Å². The molecule has 1 unspecified atom stereocenters. The maximum Gasteiger partial charge on any atom is 0.333 e. The minimum Gasteiger partial charge on any atom is -0.484 e. The third kappa shape index (κ3) is 4.07. The molecule has 0 aliphatic heterocycles. The first kappa shape index (κ1) is 17.2. The van der Waals surface area contributed by atoms with Crippen molar-refractivity contribution < 1.29 is 9.66 Å². The van der Waals surface area contributed by atoms with Crippen LogP contribution in [0, 0.1) is 16.0 Å². The number of hydrogen-bond acceptors (Lipinski definition) is 5. The molecule has 0 aliphatic carbocycles. The van der Waals surface area contributed by atoms with Gasteiger partial charge in [-0.25, -0.2) is 0 Å². The van der Waals surface area contributed by atoms with Gasteiger partial charge in [0.05, 0.1) is 11.0 Å². The zero-order chi connectivity index (χ0) is 16.2. The molecule has 1 atom stereocenters. The molecular weight excluding hydrogens is 270 g/mol. The summed E-state index contributed by atoms with van der Waals surface area (Å²) >= 11 is 0. The maximum atomic E-state index is 11.4. The van der Waals surface area contributed by atoms with Crippen LogP contribution in [0.3, 0.4) is 0 Å². The third-order valence-corrected chi connectivity index (χ3v) is 3.66. The van der Waals surface area contributed by atoms with Gasteiger partial charge in [0.15, 0.2) is 5.75 Å². The van der Waals surface area contributed by atoms with Gasteiger partial charge in [-0.3, -0.25) is 10.1 Å². The summed E-state index contributed by atoms with van der Waals surface area (Å²) in [4.78, 5) is 11.0. The van der Waals surface area contributed by atoms with Crippen molar-refractivity contribution in [3.8, 4) is 5.75 Å². The molecule has 1 aromatic carbocycles. The molecule has 0 spiro atoms. The number of nitrogens with two attached hydrogens (primary N) is 1. The van der Waals surface area contributed by atoms with Crippen LogP contribution in [0.2, 0.25) is 0 Å². The van der Waals surface area contributed by atoms with Gasteiger partial charge < -0.3 is 15.8 Å². The smallest absolute Gasteiger partial charge is 0.333 e. The summed E-state index contributed by atoms with van der Waals surface area (Å²) in [6.07, 6.45) is -0.134. The first-order valence-corrected chi connectivity index (χ1v) is 7.13. The van der Waals surface area contributed by atoms with E-state index < -0.39 is 10.5 Å². The molecule has 0 heterocycles. The number of rotatable bonds is 7. The largest absolute Gasteiger partial charge is 0.484 e. The van der Waals surface area contributed by atoms with Crippen molar-refractivity contribution in [1.82, 2.24) is 0 Å². The molecule has 0 amide bonds. The molecular formula is C15H25N3O3. The van der Waals surface area contributed by atoms with Gasteiger partial charge in [0.1, 0.15) is 5.69 Å². The van der Waals surface area contributed by atoms with E-state index in [-0.39, 0.29) is 23.5 Å². The molecule has 118 valence electrons. The number of benzene rings is 1. The molecule has 0 fully saturated rings. The van der Waals surface area contributed by atoms with Crippen molar-refractivity contribution in [2.75, 3.05) is 11.9 Å². The minimum absolute atomic E-state index is 0.0495. The first-order chi connectivity index (χ1) is 9.71. The van der Waals surface area contributed by atoms with Gasteiger partial charge in [0.25, 0.3) is 0 Å². The van der Waals surface area contributed by atoms with Gasteiger partial charge in [-0.05, 0) is 38.8 Å². The Morgan fingerprint density at radius 3 is 2.43 bits per heavy atom. The number of nitrogens with one attached hydrogen (secondary N) is 1. The van der Waals surface area contributed by atoms with E-state index in [0.29, 0.717) is 12.2 Å². The zero-order valence-corrected chi connectivity index (χ0v) is 13.3. The van der Waals surface area contributed by atoms with Crippen LogP contribution in [0.5, 0.6) is 5.75 Å². The van der Waals surface area contributed by atoms with Crippen LogP contribution in [-0.4, -0.2) is 23.1 Å². The number of anilines is 1. The molecule has 0 aromatic heterocycles. The third-order valence-electron chi connectivity index (χ3n) is 3.66. The Bertz CT molecular complexity index is 503. The Labute approximate surface area is 125 Å². The molecule has 1 aromatic rings. The summed E-state index contributed by atoms with van der Waals surface area (Å²) in [5.41, 5.74) is 5.79. The molecule has 3 N–H and O–H groups in total. The van der Waals surface area contributed by atoms with E-state index in [1.807, 2.05) is 34.6 Å². The lowest BCUT2D eigenvalue weighted by Crippen LogP contribution is -2.47. The standard InChI is InChI=1S/C15H25N3O3/c1-10(2)15(5,9-16)17-12-7-6-8-13(21-11(3)4)14(12)18(19)20/h6-8,10-11,17H,9,16H2,1-5H3. The second-order valence-corrected chi connectivity index (χ2v) is 5.98. The number of hydrogen-bond donors (Lipinski definition) is 2. The van der Waals surface area contributed by atoms with Gasteiger partial charge >= 0.3 is 5.69 Å². The van der Waals surface area contributed by atoms with Gasteiger partial charge in [-0.1, -0.05) is 19.9 Å². The molecule has 0 aliphatic rings. The van der Waals surface area contributed by atoms with Crippen molar-refractivity contribution in [1.29, 1.82) is 0 Å². The summed E-state index contributed by atoms with van der Waals surface area (Å²) in [7, 11) is 0. The highest BCUT2D eigenvalue weighted by Crippen LogP contribution is 2.37. The maximum absolute atomic E-state index is 11.4. The summed E-state index contributed by atoms with van der Waals surface area (Å²) in [5.74, 6) is 0.486. The van der Waals surface area contributed by atoms with E-state index in [2.05, 4.69) is 5.32 Å². The van der Waals surface area contributed by atoms with Crippen molar-refractivity contribution >= 4 is 11.4 Å². The Kier molecular flexibility index (Phi) is 5.54. The monoisotopic (exact) mass is 295 g/mol. The molecule has 0 radical (unpaired) electrons. The lowest BCUT2D eigenvalue weighted by atomic mass is 9.88. The Balaban J connectivity index is 3.26. The lowest BCUT2D eigenvalue weighted by molar-refractivity contribution is -0.385. The van der Waals surface area contributed by atoms with E-state index in [9.17, 15) is 10.1 Å². The predicted octanol–water partition coefficient (Wildman–Crippen LogP) is 3.17. The highest BCUT2D eigenvalue weighted by Gasteiger charge is 2.31. The predicted molar refractivity (Wildman–Crippen MR) is 84.8 cm³/mol. The Hall–Kier alpha value is -1.82. The van der Waals surface area contributed by atoms with Crippen molar-refractivity contribution in [2.45, 2.75) is 46.3 Å². The van der Waals surface area contributed by atoms with Crippen molar-refractivity contribution in [3.63, 3.8) is 0 Å². The minimum atomic E-state index is -0.429. The van der Waals surface area contributed by atoms with Crippen LogP contribution in [0.4, 0.5) is 11.4 Å². The summed E-state index contributed by atoms with van der Waals surface area (Å²) in [6.45, 7) is 10.1. The second-order valence-electron chi connectivity index (χ2n) is 5.98. The molecule has 6 nitrogen and oxygen atoms in total. The fourth-order valence-corrected chi connectivity index (χ4v) is 1.90. The van der Waals surface area contributed by atoms with E-state index in [0.717, 1.165) is 0 Å². The van der Waals surface area contributed by atoms with E-state index >= 15 is 0 Å². The molecule has 0 saturated heterocycles. The van der Waals surface area contributed by atoms with E-state index in [1.165, 1.54) is 0 Å². The average Bonchev–Trinajstić information content (AvgIpc) is 2.37. The van der Waals surface area contributed by atoms with Gasteiger partial charge in [-0.2, -0.15) is 0 Å². The van der Waals surface area contributed by atoms with Crippen LogP contribution >= 0.6 is 0 Å². The summed E-state index contributed by atoms with van der Waals surface area (Å²) < 4.78 is 5.54. The number of nitro benzene ring substituents is 1. The van der Waals surface area contributed by atoms with Crippen LogP contribution in [0.1, 0.15) is 34.6 Å². The molecule has 0 bridgehead atoms. The molecule has 6 heteroatoms. The number of nitrogens with zero attached hydrogens (tertiary/aromatic N) is 1. The van der Waals surface area contributed by atoms with Crippen molar-refractivity contribution in [3.05, 3.63) is 28.3 Å². The van der Waals surface area contributed by atoms with Crippen molar-refractivity contribution in [2.24, 2.45) is 11.7 Å². The lowest BCUT2D eigenvalue weighted by Gasteiger charge is -2.34. The van der Waals surface area contributed by atoms with E-state index in [4.69, 9.17) is 10.5 Å². The molecule has 21 heavy (non-hydrogen) atoms. The number of para-hydroxylation sites is 1. The summed E-state index contributed by atoms with van der Waals surface area (Å²) in [6, 6.07) is 5.03. The fourth-order valence-electron chi connectivity index (χ4n) is 1.90. The Morgan fingerprint density at radius 2 is 2.00 bits per heavy atom. The van der Waals surface area contributed by atoms with Crippen LogP contribution in [0.25, 0.3) is 0 Å². The second kappa shape index (κ2) is 6.76. The quantitative estimate of drug-likeness (QED) is 0.595. The number of nitro groups is 1. The SMILES string of the molecule is CC(C)Oc1cccc(NC(C)(CN)C(C)C)c1[N+](=O)[O-]. The highest BCUT2D eigenvalue weighted by atomic mass is 16.6. The fraction of sp³-hybridized carbons (Fsp3) is 0.600. The normalized spacial score (nSPS) is 14.1. The first-order valence-electron chi connectivity index (χ1n) is 7.13. The van der Waals surface area contributed by atoms with Crippen LogP contribution < -0.4 is 15.8 Å². The van der Waals surface area contributed by atoms with Crippen LogP contribution in [-0.2, 0) is 0 Å². The van der Waals surface area contributed by atoms with Gasteiger partial charge in [-0.15, -0.1) is 0 Å². The highest BCUT2D eigenvalue weighted by molar-refractivity contribution is 5.69. The number of ether oxygens (including phenoxy) is 1. The zero-order valence-electron chi connectivity index (χ0n) is 13.3.